The molecule has 0 saturated heterocycles. The van der Waals surface area contributed by atoms with E-state index in [2.05, 4.69) is 10.6 Å². The molecule has 0 aromatic heterocycles. The van der Waals surface area contributed by atoms with Crippen LogP contribution in [0.5, 0.6) is 0 Å². The number of benzene rings is 1. The van der Waals surface area contributed by atoms with E-state index in [0.29, 0.717) is 12.5 Å². The first kappa shape index (κ1) is 16.2. The second-order valence-electron chi connectivity index (χ2n) is 5.65. The van der Waals surface area contributed by atoms with Gasteiger partial charge in [0.05, 0.1) is 4.92 Å². The van der Waals surface area contributed by atoms with Crippen LogP contribution in [0.2, 0.25) is 0 Å². The second-order valence-corrected chi connectivity index (χ2v) is 5.65. The summed E-state index contributed by atoms with van der Waals surface area (Å²) in [6.45, 7) is 0.550. The number of amides is 2. The van der Waals surface area contributed by atoms with E-state index in [1.807, 2.05) is 0 Å². The number of nitrogens with one attached hydrogen (secondary N) is 2. The van der Waals surface area contributed by atoms with Gasteiger partial charge in [-0.15, -0.1) is 0 Å². The Labute approximate surface area is 128 Å². The predicted molar refractivity (Wildman–Crippen MR) is 81.3 cm³/mol. The summed E-state index contributed by atoms with van der Waals surface area (Å²) in [5.41, 5.74) is 0.846. The van der Waals surface area contributed by atoms with E-state index in [-0.39, 0.29) is 24.4 Å². The molecule has 0 aliphatic heterocycles. The normalized spacial score (nSPS) is 21.1. The number of aliphatic hydroxyl groups is 1. The number of non-ortho nitro benzene ring substituents is 1. The van der Waals surface area contributed by atoms with Gasteiger partial charge in [0, 0.05) is 31.3 Å². The molecule has 0 unspecified atom stereocenters. The summed E-state index contributed by atoms with van der Waals surface area (Å²) in [6.07, 6.45) is 3.64. The average Bonchev–Trinajstić information content (AvgIpc) is 2.54. The first-order chi connectivity index (χ1) is 10.6. The fourth-order valence-corrected chi connectivity index (χ4v) is 2.64. The Balaban J connectivity index is 1.72. The standard InChI is InChI=1S/C15H21N3O4/c19-10-12-1-5-13(6-2-12)17-15(20)16-9-11-3-7-14(8-4-11)18(21)22/h3-4,7-8,12-13,19H,1-2,5-6,9-10H2,(H2,16,17,20). The smallest absolute Gasteiger partial charge is 0.315 e. The maximum atomic E-state index is 11.8. The van der Waals surface area contributed by atoms with E-state index in [1.54, 1.807) is 12.1 Å². The van der Waals surface area contributed by atoms with E-state index in [0.717, 1.165) is 31.2 Å². The molecule has 22 heavy (non-hydrogen) atoms. The van der Waals surface area contributed by atoms with Crippen molar-refractivity contribution in [2.75, 3.05) is 6.61 Å². The van der Waals surface area contributed by atoms with Gasteiger partial charge in [0.1, 0.15) is 0 Å². The number of hydrogen-bond acceptors (Lipinski definition) is 4. The zero-order valence-corrected chi connectivity index (χ0v) is 12.3. The number of nitro groups is 1. The summed E-state index contributed by atoms with van der Waals surface area (Å²) >= 11 is 0. The molecule has 1 aliphatic carbocycles. The zero-order valence-electron chi connectivity index (χ0n) is 12.3. The van der Waals surface area contributed by atoms with Crippen molar-refractivity contribution in [3.63, 3.8) is 0 Å². The fourth-order valence-electron chi connectivity index (χ4n) is 2.64. The summed E-state index contributed by atoms with van der Waals surface area (Å²) in [5, 5.41) is 25.3. The molecule has 2 rings (SSSR count). The van der Waals surface area contributed by atoms with Gasteiger partial charge in [0.2, 0.25) is 0 Å². The van der Waals surface area contributed by atoms with E-state index in [1.165, 1.54) is 12.1 Å². The summed E-state index contributed by atoms with van der Waals surface area (Å²) in [7, 11) is 0. The highest BCUT2D eigenvalue weighted by Gasteiger charge is 2.21. The third-order valence-corrected chi connectivity index (χ3v) is 4.04. The molecule has 7 heteroatoms. The van der Waals surface area contributed by atoms with Crippen molar-refractivity contribution in [2.24, 2.45) is 5.92 Å². The van der Waals surface area contributed by atoms with Crippen LogP contribution in [0.3, 0.4) is 0 Å². The van der Waals surface area contributed by atoms with Crippen molar-refractivity contribution < 1.29 is 14.8 Å². The Bertz CT molecular complexity index is 510. The van der Waals surface area contributed by atoms with Crippen molar-refractivity contribution in [3.8, 4) is 0 Å². The number of rotatable bonds is 5. The van der Waals surface area contributed by atoms with Crippen LogP contribution in [-0.4, -0.2) is 28.7 Å². The number of carbonyl (C=O) groups is 1. The van der Waals surface area contributed by atoms with Crippen LogP contribution >= 0.6 is 0 Å². The lowest BCUT2D eigenvalue weighted by atomic mass is 9.87. The minimum absolute atomic E-state index is 0.0360. The third kappa shape index (κ3) is 4.70. The molecule has 1 aliphatic rings. The number of nitro benzene ring substituents is 1. The minimum Gasteiger partial charge on any atom is -0.396 e. The molecule has 1 aromatic carbocycles. The van der Waals surface area contributed by atoms with Crippen LogP contribution in [0.15, 0.2) is 24.3 Å². The molecule has 0 heterocycles. The monoisotopic (exact) mass is 307 g/mol. The molecule has 3 N–H and O–H groups in total. The Morgan fingerprint density at radius 3 is 2.41 bits per heavy atom. The number of carbonyl (C=O) groups excluding carboxylic acids is 1. The van der Waals surface area contributed by atoms with Gasteiger partial charge in [-0.25, -0.2) is 4.79 Å². The summed E-state index contributed by atoms with van der Waals surface area (Å²) in [4.78, 5) is 21.9. The summed E-state index contributed by atoms with van der Waals surface area (Å²) in [6, 6.07) is 6.02. The molecular weight excluding hydrogens is 286 g/mol. The molecule has 1 saturated carbocycles. The van der Waals surface area contributed by atoms with Crippen molar-refractivity contribution in [2.45, 2.75) is 38.3 Å². The fraction of sp³-hybridized carbons (Fsp3) is 0.533. The molecule has 2 amide bonds. The highest BCUT2D eigenvalue weighted by Crippen LogP contribution is 2.23. The molecule has 7 nitrogen and oxygen atoms in total. The largest absolute Gasteiger partial charge is 0.396 e. The second kappa shape index (κ2) is 7.74. The maximum absolute atomic E-state index is 11.8. The molecule has 0 radical (unpaired) electrons. The first-order valence-electron chi connectivity index (χ1n) is 7.47. The van der Waals surface area contributed by atoms with Crippen LogP contribution < -0.4 is 10.6 Å². The lowest BCUT2D eigenvalue weighted by molar-refractivity contribution is -0.384. The van der Waals surface area contributed by atoms with Crippen molar-refractivity contribution in [3.05, 3.63) is 39.9 Å². The van der Waals surface area contributed by atoms with E-state index >= 15 is 0 Å². The molecule has 0 spiro atoms. The average molecular weight is 307 g/mol. The number of nitrogens with zero attached hydrogens (tertiary/aromatic N) is 1. The Morgan fingerprint density at radius 2 is 1.86 bits per heavy atom. The van der Waals surface area contributed by atoms with Gasteiger partial charge in [-0.3, -0.25) is 10.1 Å². The van der Waals surface area contributed by atoms with Gasteiger partial charge in [0.15, 0.2) is 0 Å². The predicted octanol–water partition coefficient (Wildman–Crippen LogP) is 1.95. The van der Waals surface area contributed by atoms with Crippen LogP contribution in [0.1, 0.15) is 31.2 Å². The van der Waals surface area contributed by atoms with Gasteiger partial charge < -0.3 is 15.7 Å². The zero-order chi connectivity index (χ0) is 15.9. The number of hydrogen-bond donors (Lipinski definition) is 3. The molecule has 0 bridgehead atoms. The third-order valence-electron chi connectivity index (χ3n) is 4.04. The van der Waals surface area contributed by atoms with E-state index in [9.17, 15) is 14.9 Å². The maximum Gasteiger partial charge on any atom is 0.315 e. The topological polar surface area (TPSA) is 104 Å². The van der Waals surface area contributed by atoms with Crippen LogP contribution in [0.25, 0.3) is 0 Å². The van der Waals surface area contributed by atoms with Crippen LogP contribution in [-0.2, 0) is 6.54 Å². The van der Waals surface area contributed by atoms with Gasteiger partial charge in [-0.2, -0.15) is 0 Å². The highest BCUT2D eigenvalue weighted by molar-refractivity contribution is 5.74. The molecule has 1 fully saturated rings. The van der Waals surface area contributed by atoms with Gasteiger partial charge in [-0.1, -0.05) is 12.1 Å². The quantitative estimate of drug-likeness (QED) is 0.571. The summed E-state index contributed by atoms with van der Waals surface area (Å²) < 4.78 is 0. The Hall–Kier alpha value is -2.15. The van der Waals surface area contributed by atoms with E-state index in [4.69, 9.17) is 5.11 Å². The Morgan fingerprint density at radius 1 is 1.23 bits per heavy atom. The van der Waals surface area contributed by atoms with Crippen molar-refractivity contribution >= 4 is 11.7 Å². The lowest BCUT2D eigenvalue weighted by Gasteiger charge is -2.27. The summed E-state index contributed by atoms with van der Waals surface area (Å²) in [5.74, 6) is 0.362. The SMILES string of the molecule is O=C(NCc1ccc([N+](=O)[O-])cc1)NC1CCC(CO)CC1. The Kier molecular flexibility index (Phi) is 5.71. The molecule has 1 aromatic rings. The lowest BCUT2D eigenvalue weighted by Crippen LogP contribution is -2.43. The number of aliphatic hydroxyl groups excluding tert-OH is 1. The molecule has 0 atom stereocenters. The highest BCUT2D eigenvalue weighted by atomic mass is 16.6. The van der Waals surface area contributed by atoms with Gasteiger partial charge in [-0.05, 0) is 37.2 Å². The van der Waals surface area contributed by atoms with Gasteiger partial charge >= 0.3 is 6.03 Å². The van der Waals surface area contributed by atoms with Crippen LogP contribution in [0, 0.1) is 16.0 Å². The number of urea groups is 1. The van der Waals surface area contributed by atoms with Crippen molar-refractivity contribution in [1.29, 1.82) is 0 Å². The molecular formula is C15H21N3O4. The molecule has 120 valence electrons. The van der Waals surface area contributed by atoms with Crippen LogP contribution in [0.4, 0.5) is 10.5 Å². The van der Waals surface area contributed by atoms with E-state index < -0.39 is 4.92 Å². The van der Waals surface area contributed by atoms with Gasteiger partial charge in [0.25, 0.3) is 5.69 Å². The van der Waals surface area contributed by atoms with Crippen molar-refractivity contribution in [1.82, 2.24) is 10.6 Å². The minimum atomic E-state index is -0.452. The first-order valence-corrected chi connectivity index (χ1v) is 7.47.